The van der Waals surface area contributed by atoms with E-state index in [4.69, 9.17) is 10.7 Å². The van der Waals surface area contributed by atoms with Crippen LogP contribution in [0.3, 0.4) is 0 Å². The van der Waals surface area contributed by atoms with Crippen molar-refractivity contribution in [3.05, 3.63) is 45.9 Å². The van der Waals surface area contributed by atoms with Crippen LogP contribution in [0.25, 0.3) is 16.7 Å². The summed E-state index contributed by atoms with van der Waals surface area (Å²) < 4.78 is 3.33. The summed E-state index contributed by atoms with van der Waals surface area (Å²) in [5.41, 5.74) is 8.54. The summed E-state index contributed by atoms with van der Waals surface area (Å²) in [6.07, 6.45) is 5.42. The van der Waals surface area contributed by atoms with E-state index in [0.717, 1.165) is 31.2 Å². The molecule has 1 amide bonds. The average Bonchev–Trinajstić information content (AvgIpc) is 2.68. The van der Waals surface area contributed by atoms with Crippen LogP contribution in [0.2, 0.25) is 0 Å². The van der Waals surface area contributed by atoms with Crippen LogP contribution < -0.4 is 21.2 Å². The summed E-state index contributed by atoms with van der Waals surface area (Å²) in [6.45, 7) is 7.25. The molecule has 0 aliphatic carbocycles. The first-order valence-corrected chi connectivity index (χ1v) is 9.91. The number of hydrogen-bond acceptors (Lipinski definition) is 4. The molecule has 3 rings (SSSR count). The lowest BCUT2D eigenvalue weighted by molar-refractivity contribution is -0.659. The number of amides is 1. The second-order valence-corrected chi connectivity index (χ2v) is 7.10. The monoisotopic (exact) mass is 382 g/mol. The van der Waals surface area contributed by atoms with Gasteiger partial charge in [0.2, 0.25) is 11.5 Å². The third kappa shape index (κ3) is 3.56. The maximum Gasteiger partial charge on any atom is 0.278 e. The number of unbranched alkanes of at least 4 members (excludes halogenated alkanes) is 2. The molecule has 3 aromatic heterocycles. The van der Waals surface area contributed by atoms with Crippen molar-refractivity contribution in [2.45, 2.75) is 53.0 Å². The van der Waals surface area contributed by atoms with Crippen molar-refractivity contribution in [3.8, 4) is 0 Å². The zero-order chi connectivity index (χ0) is 20.3. The lowest BCUT2D eigenvalue weighted by atomic mass is 10.1. The average molecular weight is 382 g/mol. The molecule has 7 nitrogen and oxygen atoms in total. The third-order valence-corrected chi connectivity index (χ3v) is 4.97. The zero-order valence-corrected chi connectivity index (χ0v) is 16.8. The largest absolute Gasteiger partial charge is 0.352 e. The van der Waals surface area contributed by atoms with E-state index in [1.807, 2.05) is 19.1 Å². The number of pyridine rings is 2. The van der Waals surface area contributed by atoms with Crippen LogP contribution in [0.15, 0.2) is 29.2 Å². The van der Waals surface area contributed by atoms with E-state index in [2.05, 4.69) is 19.2 Å². The molecule has 3 N–H and O–H groups in total. The number of nitrogens with zero attached hydrogens (tertiary/aromatic N) is 3. The van der Waals surface area contributed by atoms with E-state index in [1.54, 1.807) is 16.8 Å². The predicted molar refractivity (Wildman–Crippen MR) is 110 cm³/mol. The van der Waals surface area contributed by atoms with E-state index in [1.165, 1.54) is 4.40 Å². The molecular formula is C21H28N5O2+. The second kappa shape index (κ2) is 8.37. The van der Waals surface area contributed by atoms with Crippen LogP contribution in [0.5, 0.6) is 0 Å². The van der Waals surface area contributed by atoms with Crippen LogP contribution in [0, 0.1) is 6.92 Å². The van der Waals surface area contributed by atoms with E-state index in [0.29, 0.717) is 41.2 Å². The SMILES string of the molecule is CCCCNC(=O)c1cc2c(=O)n3cccc(C)c3nc2[n+](CCCC)c1N. The van der Waals surface area contributed by atoms with Gasteiger partial charge in [-0.05, 0) is 31.9 Å². The van der Waals surface area contributed by atoms with Crippen molar-refractivity contribution < 1.29 is 9.36 Å². The van der Waals surface area contributed by atoms with Crippen LogP contribution in [-0.2, 0) is 6.54 Å². The van der Waals surface area contributed by atoms with Gasteiger partial charge in [0.1, 0.15) is 10.9 Å². The molecular weight excluding hydrogens is 354 g/mol. The quantitative estimate of drug-likeness (QED) is 0.373. The molecule has 3 aromatic rings. The molecule has 0 radical (unpaired) electrons. The molecule has 0 saturated carbocycles. The number of aryl methyl sites for hydroxylation is 2. The Hall–Kier alpha value is -2.96. The number of fused-ring (bicyclic) bond motifs is 2. The lowest BCUT2D eigenvalue weighted by Crippen LogP contribution is -2.43. The molecule has 0 aliphatic rings. The number of nitrogens with one attached hydrogen (secondary N) is 1. The Kier molecular flexibility index (Phi) is 5.92. The third-order valence-electron chi connectivity index (χ3n) is 4.97. The van der Waals surface area contributed by atoms with Gasteiger partial charge < -0.3 is 11.1 Å². The second-order valence-electron chi connectivity index (χ2n) is 7.10. The van der Waals surface area contributed by atoms with E-state index >= 15 is 0 Å². The molecule has 148 valence electrons. The smallest absolute Gasteiger partial charge is 0.278 e. The van der Waals surface area contributed by atoms with Crippen molar-refractivity contribution in [2.24, 2.45) is 0 Å². The molecule has 0 spiro atoms. The molecule has 3 heterocycles. The molecule has 0 saturated heterocycles. The fourth-order valence-corrected chi connectivity index (χ4v) is 3.31. The minimum atomic E-state index is -0.258. The highest BCUT2D eigenvalue weighted by Gasteiger charge is 2.24. The molecule has 0 aromatic carbocycles. The predicted octanol–water partition coefficient (Wildman–Crippen LogP) is 2.36. The van der Waals surface area contributed by atoms with E-state index < -0.39 is 0 Å². The molecule has 0 fully saturated rings. The first-order valence-electron chi connectivity index (χ1n) is 9.91. The van der Waals surface area contributed by atoms with Crippen LogP contribution in [0.4, 0.5) is 5.82 Å². The summed E-state index contributed by atoms with van der Waals surface area (Å²) in [4.78, 5) is 30.6. The Bertz CT molecular complexity index is 1090. The first-order chi connectivity index (χ1) is 13.5. The maximum atomic E-state index is 13.1. The number of aromatic nitrogens is 3. The molecule has 0 aliphatic heterocycles. The minimum absolute atomic E-state index is 0.198. The van der Waals surface area contributed by atoms with Gasteiger partial charge >= 0.3 is 0 Å². The Balaban J connectivity index is 2.28. The van der Waals surface area contributed by atoms with Gasteiger partial charge in [-0.15, -0.1) is 0 Å². The normalized spacial score (nSPS) is 11.2. The topological polar surface area (TPSA) is 93.4 Å². The zero-order valence-electron chi connectivity index (χ0n) is 16.8. The number of anilines is 1. The molecule has 7 heteroatoms. The van der Waals surface area contributed by atoms with E-state index in [9.17, 15) is 9.59 Å². The van der Waals surface area contributed by atoms with Gasteiger partial charge in [0.25, 0.3) is 17.1 Å². The number of nitrogen functional groups attached to an aromatic ring is 1. The molecule has 0 atom stereocenters. The molecule has 28 heavy (non-hydrogen) atoms. The Morgan fingerprint density at radius 1 is 1.29 bits per heavy atom. The number of carbonyl (C=O) groups is 1. The Morgan fingerprint density at radius 2 is 2.04 bits per heavy atom. The number of hydrogen-bond donors (Lipinski definition) is 2. The molecule has 0 unspecified atom stereocenters. The summed E-state index contributed by atoms with van der Waals surface area (Å²) in [5.74, 6) is 0.0895. The fraction of sp³-hybridized carbons (Fsp3) is 0.429. The Labute approximate surface area is 164 Å². The van der Waals surface area contributed by atoms with Gasteiger partial charge in [0, 0.05) is 18.3 Å². The maximum absolute atomic E-state index is 13.1. The van der Waals surface area contributed by atoms with Crippen molar-refractivity contribution in [1.29, 1.82) is 0 Å². The number of rotatable bonds is 7. The highest BCUT2D eigenvalue weighted by atomic mass is 16.1. The van der Waals surface area contributed by atoms with E-state index in [-0.39, 0.29) is 11.5 Å². The van der Waals surface area contributed by atoms with Gasteiger partial charge in [-0.2, -0.15) is 0 Å². The van der Waals surface area contributed by atoms with Crippen molar-refractivity contribution in [2.75, 3.05) is 12.3 Å². The van der Waals surface area contributed by atoms with Crippen LogP contribution in [-0.4, -0.2) is 21.8 Å². The minimum Gasteiger partial charge on any atom is -0.352 e. The highest BCUT2D eigenvalue weighted by molar-refractivity contribution is 6.00. The summed E-state index contributed by atoms with van der Waals surface area (Å²) in [5, 5.41) is 3.29. The van der Waals surface area contributed by atoms with Gasteiger partial charge in [-0.25, -0.2) is 4.57 Å². The van der Waals surface area contributed by atoms with Gasteiger partial charge in [-0.1, -0.05) is 37.7 Å². The fourth-order valence-electron chi connectivity index (χ4n) is 3.31. The first kappa shape index (κ1) is 19.8. The highest BCUT2D eigenvalue weighted by Crippen LogP contribution is 2.16. The van der Waals surface area contributed by atoms with Crippen molar-refractivity contribution in [3.63, 3.8) is 0 Å². The van der Waals surface area contributed by atoms with Crippen LogP contribution >= 0.6 is 0 Å². The summed E-state index contributed by atoms with van der Waals surface area (Å²) in [7, 11) is 0. The Morgan fingerprint density at radius 3 is 2.75 bits per heavy atom. The molecule has 0 bridgehead atoms. The number of carbonyl (C=O) groups excluding carboxylic acids is 1. The van der Waals surface area contributed by atoms with Gasteiger partial charge in [0.05, 0.1) is 6.54 Å². The summed E-state index contributed by atoms with van der Waals surface area (Å²) >= 11 is 0. The standard InChI is InChI=1S/C21H27N5O2/c1-4-6-10-23-20(27)15-13-16-19(25(17(15)22)11-7-5-2)24-18-14(3)9-8-12-26(18)21(16)28/h8-9,12-13,22H,4-7,10-11H2,1-3H3,(H,23,27)/p+1. The van der Waals surface area contributed by atoms with Crippen LogP contribution in [0.1, 0.15) is 55.5 Å². The van der Waals surface area contributed by atoms with Gasteiger partial charge in [0.15, 0.2) is 0 Å². The summed E-state index contributed by atoms with van der Waals surface area (Å²) in [6, 6.07) is 5.32. The van der Waals surface area contributed by atoms with Crippen molar-refractivity contribution in [1.82, 2.24) is 14.7 Å². The number of nitrogens with two attached hydrogens (primary N) is 1. The van der Waals surface area contributed by atoms with Gasteiger partial charge in [-0.3, -0.25) is 14.0 Å². The lowest BCUT2D eigenvalue weighted by Gasteiger charge is -2.12. The van der Waals surface area contributed by atoms with Crippen molar-refractivity contribution >= 4 is 28.4 Å².